The molecular formula is C14H30N2. The summed E-state index contributed by atoms with van der Waals surface area (Å²) in [5.74, 6) is 0. The lowest BCUT2D eigenvalue weighted by Crippen LogP contribution is -2.48. The van der Waals surface area contributed by atoms with E-state index in [9.17, 15) is 0 Å². The summed E-state index contributed by atoms with van der Waals surface area (Å²) in [5.41, 5.74) is 6.37. The van der Waals surface area contributed by atoms with E-state index in [4.69, 9.17) is 5.73 Å². The maximum Gasteiger partial charge on any atom is 0.00928 e. The molecule has 1 rings (SSSR count). The van der Waals surface area contributed by atoms with Crippen LogP contribution in [0, 0.1) is 5.41 Å². The fourth-order valence-electron chi connectivity index (χ4n) is 2.99. The van der Waals surface area contributed by atoms with Crippen LogP contribution >= 0.6 is 0 Å². The lowest BCUT2D eigenvalue weighted by molar-refractivity contribution is 0.0759. The molecule has 0 bridgehead atoms. The molecule has 0 saturated carbocycles. The molecule has 0 aliphatic carbocycles. The monoisotopic (exact) mass is 226 g/mol. The predicted octanol–water partition coefficient (Wildman–Crippen LogP) is 3.02. The van der Waals surface area contributed by atoms with Gasteiger partial charge in [-0.15, -0.1) is 0 Å². The molecule has 16 heavy (non-hydrogen) atoms. The molecule has 0 aromatic carbocycles. The van der Waals surface area contributed by atoms with Crippen molar-refractivity contribution in [3.63, 3.8) is 0 Å². The largest absolute Gasteiger partial charge is 0.330 e. The van der Waals surface area contributed by atoms with Gasteiger partial charge in [-0.05, 0) is 50.6 Å². The molecule has 1 aliphatic rings. The van der Waals surface area contributed by atoms with Crippen LogP contribution in [0.3, 0.4) is 0 Å². The average molecular weight is 226 g/mol. The Bertz CT molecular complexity index is 179. The summed E-state index contributed by atoms with van der Waals surface area (Å²) in [4.78, 5) is 2.71. The van der Waals surface area contributed by atoms with Gasteiger partial charge >= 0.3 is 0 Å². The van der Waals surface area contributed by atoms with Crippen LogP contribution in [-0.4, -0.2) is 30.6 Å². The molecule has 2 N–H and O–H groups in total. The van der Waals surface area contributed by atoms with Crippen molar-refractivity contribution in [3.8, 4) is 0 Å². The fourth-order valence-corrected chi connectivity index (χ4v) is 2.99. The molecule has 0 aromatic heterocycles. The third kappa shape index (κ3) is 3.21. The summed E-state index contributed by atoms with van der Waals surface area (Å²) in [6.07, 6.45) is 7.92. The second kappa shape index (κ2) is 6.61. The van der Waals surface area contributed by atoms with E-state index in [1.54, 1.807) is 0 Å². The van der Waals surface area contributed by atoms with Gasteiger partial charge in [-0.1, -0.05) is 27.2 Å². The van der Waals surface area contributed by atoms with E-state index in [0.29, 0.717) is 5.41 Å². The molecule has 0 amide bonds. The lowest BCUT2D eigenvalue weighted by atomic mass is 9.81. The van der Waals surface area contributed by atoms with E-state index in [0.717, 1.165) is 12.6 Å². The Balaban J connectivity index is 2.61. The zero-order valence-corrected chi connectivity index (χ0v) is 11.5. The van der Waals surface area contributed by atoms with E-state index in [-0.39, 0.29) is 0 Å². The molecule has 2 nitrogen and oxygen atoms in total. The van der Waals surface area contributed by atoms with E-state index in [2.05, 4.69) is 25.7 Å². The second-order valence-electron chi connectivity index (χ2n) is 5.44. The van der Waals surface area contributed by atoms with Gasteiger partial charge < -0.3 is 5.73 Å². The standard InChI is InChI=1S/C14H30N2/c1-4-13-9-7-8-10-16(13)12-14(5-2,6-3)11-15/h13H,4-12,15H2,1-3H3. The van der Waals surface area contributed by atoms with E-state index in [1.807, 2.05) is 0 Å². The van der Waals surface area contributed by atoms with Gasteiger partial charge in [0, 0.05) is 12.6 Å². The van der Waals surface area contributed by atoms with Crippen LogP contribution < -0.4 is 5.73 Å². The first-order chi connectivity index (χ1) is 7.71. The molecule has 1 unspecified atom stereocenters. The van der Waals surface area contributed by atoms with Crippen molar-refractivity contribution in [2.24, 2.45) is 11.1 Å². The third-order valence-corrected chi connectivity index (χ3v) is 4.69. The van der Waals surface area contributed by atoms with Crippen molar-refractivity contribution >= 4 is 0 Å². The molecule has 0 radical (unpaired) electrons. The minimum Gasteiger partial charge on any atom is -0.330 e. The summed E-state index contributed by atoms with van der Waals surface area (Å²) in [6.45, 7) is 10.3. The highest BCUT2D eigenvalue weighted by Gasteiger charge is 2.31. The van der Waals surface area contributed by atoms with E-state index < -0.39 is 0 Å². The van der Waals surface area contributed by atoms with Crippen LogP contribution in [0.2, 0.25) is 0 Å². The van der Waals surface area contributed by atoms with Crippen molar-refractivity contribution in [3.05, 3.63) is 0 Å². The summed E-state index contributed by atoms with van der Waals surface area (Å²) in [7, 11) is 0. The molecule has 0 aromatic rings. The molecule has 0 spiro atoms. The molecule has 1 aliphatic heterocycles. The summed E-state index contributed by atoms with van der Waals surface area (Å²) in [6, 6.07) is 0.817. The Hall–Kier alpha value is -0.0800. The Labute approximate surface area is 102 Å². The van der Waals surface area contributed by atoms with Gasteiger partial charge in [-0.2, -0.15) is 0 Å². The molecule has 1 atom stereocenters. The number of rotatable bonds is 6. The van der Waals surface area contributed by atoms with Gasteiger partial charge in [0.1, 0.15) is 0 Å². The highest BCUT2D eigenvalue weighted by Crippen LogP contribution is 2.30. The molecule has 1 heterocycles. The van der Waals surface area contributed by atoms with E-state index >= 15 is 0 Å². The van der Waals surface area contributed by atoms with Crippen molar-refractivity contribution in [2.45, 2.75) is 65.3 Å². The van der Waals surface area contributed by atoms with Crippen LogP contribution in [0.25, 0.3) is 0 Å². The maximum atomic E-state index is 6.01. The number of likely N-dealkylation sites (tertiary alicyclic amines) is 1. The third-order valence-electron chi connectivity index (χ3n) is 4.69. The molecular weight excluding hydrogens is 196 g/mol. The van der Waals surface area contributed by atoms with Crippen LogP contribution in [0.5, 0.6) is 0 Å². The van der Waals surface area contributed by atoms with Crippen molar-refractivity contribution in [2.75, 3.05) is 19.6 Å². The zero-order valence-electron chi connectivity index (χ0n) is 11.5. The van der Waals surface area contributed by atoms with Gasteiger partial charge in [0.25, 0.3) is 0 Å². The molecule has 2 heteroatoms. The Morgan fingerprint density at radius 1 is 1.19 bits per heavy atom. The highest BCUT2D eigenvalue weighted by atomic mass is 15.2. The molecule has 1 saturated heterocycles. The summed E-state index contributed by atoms with van der Waals surface area (Å²) >= 11 is 0. The Morgan fingerprint density at radius 2 is 1.88 bits per heavy atom. The fraction of sp³-hybridized carbons (Fsp3) is 1.00. The minimum absolute atomic E-state index is 0.366. The van der Waals surface area contributed by atoms with Gasteiger partial charge in [0.15, 0.2) is 0 Å². The first kappa shape index (κ1) is 14.0. The Morgan fingerprint density at radius 3 is 2.38 bits per heavy atom. The highest BCUT2D eigenvalue weighted by molar-refractivity contribution is 4.85. The summed E-state index contributed by atoms with van der Waals surface area (Å²) in [5, 5.41) is 0. The SMILES string of the molecule is CCC1CCCCN1CC(CC)(CC)CN. The smallest absolute Gasteiger partial charge is 0.00928 e. The number of hydrogen-bond donors (Lipinski definition) is 1. The molecule has 96 valence electrons. The first-order valence-electron chi connectivity index (χ1n) is 7.15. The van der Waals surface area contributed by atoms with Gasteiger partial charge in [0.2, 0.25) is 0 Å². The number of hydrogen-bond acceptors (Lipinski definition) is 2. The van der Waals surface area contributed by atoms with Crippen LogP contribution in [0.4, 0.5) is 0 Å². The van der Waals surface area contributed by atoms with Crippen molar-refractivity contribution < 1.29 is 0 Å². The summed E-state index contributed by atoms with van der Waals surface area (Å²) < 4.78 is 0. The number of nitrogens with two attached hydrogens (primary N) is 1. The predicted molar refractivity (Wildman–Crippen MR) is 71.6 cm³/mol. The van der Waals surface area contributed by atoms with Crippen molar-refractivity contribution in [1.82, 2.24) is 4.90 Å². The van der Waals surface area contributed by atoms with Gasteiger partial charge in [-0.3, -0.25) is 4.90 Å². The normalized spacial score (nSPS) is 23.6. The molecule has 1 fully saturated rings. The van der Waals surface area contributed by atoms with Gasteiger partial charge in [0.05, 0.1) is 0 Å². The first-order valence-corrected chi connectivity index (χ1v) is 7.15. The van der Waals surface area contributed by atoms with E-state index in [1.165, 1.54) is 51.6 Å². The quantitative estimate of drug-likeness (QED) is 0.754. The lowest BCUT2D eigenvalue weighted by Gasteiger charge is -2.42. The van der Waals surface area contributed by atoms with Crippen LogP contribution in [0.1, 0.15) is 59.3 Å². The second-order valence-corrected chi connectivity index (χ2v) is 5.44. The zero-order chi connectivity index (χ0) is 12.0. The van der Waals surface area contributed by atoms with Crippen LogP contribution in [-0.2, 0) is 0 Å². The maximum absolute atomic E-state index is 6.01. The number of nitrogens with zero attached hydrogens (tertiary/aromatic N) is 1. The Kier molecular flexibility index (Phi) is 5.77. The van der Waals surface area contributed by atoms with Crippen LogP contribution in [0.15, 0.2) is 0 Å². The van der Waals surface area contributed by atoms with Gasteiger partial charge in [-0.25, -0.2) is 0 Å². The van der Waals surface area contributed by atoms with Crippen molar-refractivity contribution in [1.29, 1.82) is 0 Å². The number of piperidine rings is 1. The average Bonchev–Trinajstić information content (AvgIpc) is 2.36. The minimum atomic E-state index is 0.366. The topological polar surface area (TPSA) is 29.3 Å².